The van der Waals surface area contributed by atoms with Gasteiger partial charge < -0.3 is 10.2 Å². The average Bonchev–Trinajstić information content (AvgIpc) is 2.75. The van der Waals surface area contributed by atoms with Crippen LogP contribution in [0.2, 0.25) is 0 Å². The molecule has 5 heteroatoms. The van der Waals surface area contributed by atoms with Gasteiger partial charge in [0.15, 0.2) is 0 Å². The fraction of sp³-hybridized carbons (Fsp3) is 0.583. The summed E-state index contributed by atoms with van der Waals surface area (Å²) in [7, 11) is 1.89. The molecule has 1 atom stereocenters. The van der Waals surface area contributed by atoms with E-state index in [0.29, 0.717) is 6.54 Å². The van der Waals surface area contributed by atoms with E-state index in [4.69, 9.17) is 0 Å². The number of carbonyl (C=O) groups excluding carboxylic acids is 1. The molecule has 1 aliphatic heterocycles. The Bertz CT molecular complexity index is 388. The Morgan fingerprint density at radius 2 is 2.53 bits per heavy atom. The van der Waals surface area contributed by atoms with Crippen molar-refractivity contribution in [1.29, 1.82) is 0 Å². The van der Waals surface area contributed by atoms with Gasteiger partial charge in [-0.3, -0.25) is 4.79 Å². The minimum absolute atomic E-state index is 0.163. The molecule has 1 fully saturated rings. The Morgan fingerprint density at radius 3 is 3.12 bits per heavy atom. The van der Waals surface area contributed by atoms with Crippen LogP contribution in [-0.2, 0) is 11.3 Å². The lowest BCUT2D eigenvalue weighted by atomic mass is 9.98. The van der Waals surface area contributed by atoms with Crippen LogP contribution in [0.3, 0.4) is 0 Å². The van der Waals surface area contributed by atoms with Crippen molar-refractivity contribution in [3.05, 3.63) is 20.8 Å². The van der Waals surface area contributed by atoms with E-state index in [1.807, 2.05) is 11.9 Å². The van der Waals surface area contributed by atoms with E-state index in [9.17, 15) is 4.79 Å². The molecule has 2 rings (SSSR count). The monoisotopic (exact) mass is 316 g/mol. The Kier molecular flexibility index (Phi) is 4.59. The molecule has 2 heterocycles. The van der Waals surface area contributed by atoms with Crippen LogP contribution in [0.25, 0.3) is 0 Å². The summed E-state index contributed by atoms with van der Waals surface area (Å²) in [4.78, 5) is 14.0. The van der Waals surface area contributed by atoms with Gasteiger partial charge in [-0.15, -0.1) is 11.3 Å². The van der Waals surface area contributed by atoms with E-state index >= 15 is 0 Å². The summed E-state index contributed by atoms with van der Waals surface area (Å²) >= 11 is 5.10. The lowest BCUT2D eigenvalue weighted by Gasteiger charge is -2.26. The molecule has 0 radical (unpaired) electrons. The third kappa shape index (κ3) is 3.53. The Balaban J connectivity index is 1.90. The van der Waals surface area contributed by atoms with Gasteiger partial charge in [-0.2, -0.15) is 0 Å². The van der Waals surface area contributed by atoms with Gasteiger partial charge in [0.25, 0.3) is 0 Å². The highest BCUT2D eigenvalue weighted by molar-refractivity contribution is 9.11. The zero-order valence-corrected chi connectivity index (χ0v) is 12.3. The first kappa shape index (κ1) is 13.1. The summed E-state index contributed by atoms with van der Waals surface area (Å²) in [6.45, 7) is 2.58. The molecule has 1 N–H and O–H groups in total. The minimum Gasteiger partial charge on any atom is -0.341 e. The van der Waals surface area contributed by atoms with Crippen LogP contribution in [0.15, 0.2) is 15.2 Å². The van der Waals surface area contributed by atoms with Crippen LogP contribution in [0.5, 0.6) is 0 Å². The van der Waals surface area contributed by atoms with Crippen molar-refractivity contribution < 1.29 is 4.79 Å². The number of nitrogens with one attached hydrogen (secondary N) is 1. The highest BCUT2D eigenvalue weighted by atomic mass is 79.9. The smallest absolute Gasteiger partial charge is 0.227 e. The maximum absolute atomic E-state index is 12.2. The number of nitrogens with zero attached hydrogens (tertiary/aromatic N) is 1. The fourth-order valence-electron chi connectivity index (χ4n) is 2.15. The first-order valence-electron chi connectivity index (χ1n) is 5.85. The summed E-state index contributed by atoms with van der Waals surface area (Å²) in [5.41, 5.74) is 1.20. The summed E-state index contributed by atoms with van der Waals surface area (Å²) in [6, 6.07) is 2.08. The molecule has 1 unspecified atom stereocenters. The van der Waals surface area contributed by atoms with Gasteiger partial charge in [0, 0.05) is 20.1 Å². The molecule has 1 aliphatic rings. The van der Waals surface area contributed by atoms with Gasteiger partial charge in [0.1, 0.15) is 0 Å². The van der Waals surface area contributed by atoms with E-state index < -0.39 is 0 Å². The van der Waals surface area contributed by atoms with Crippen LogP contribution in [0.1, 0.15) is 18.4 Å². The quantitative estimate of drug-likeness (QED) is 0.929. The standard InChI is InChI=1S/C12H17BrN2OS/c1-15(7-9-5-11(13)17-8-9)12(16)10-3-2-4-14-6-10/h5,8,10,14H,2-4,6-7H2,1H3. The van der Waals surface area contributed by atoms with Crippen LogP contribution >= 0.6 is 27.3 Å². The highest BCUT2D eigenvalue weighted by Gasteiger charge is 2.23. The van der Waals surface area contributed by atoms with Crippen molar-refractivity contribution in [2.75, 3.05) is 20.1 Å². The molecule has 0 spiro atoms. The van der Waals surface area contributed by atoms with E-state index in [-0.39, 0.29) is 11.8 Å². The molecule has 0 saturated carbocycles. The first-order chi connectivity index (χ1) is 8.16. The number of halogens is 1. The Hall–Kier alpha value is -0.390. The zero-order chi connectivity index (χ0) is 12.3. The first-order valence-corrected chi connectivity index (χ1v) is 7.52. The van der Waals surface area contributed by atoms with E-state index in [1.54, 1.807) is 11.3 Å². The van der Waals surface area contributed by atoms with Gasteiger partial charge in [0.05, 0.1) is 9.70 Å². The predicted molar refractivity (Wildman–Crippen MR) is 74.1 cm³/mol. The number of piperidine rings is 1. The number of amides is 1. The van der Waals surface area contributed by atoms with Crippen LogP contribution < -0.4 is 5.32 Å². The maximum atomic E-state index is 12.2. The minimum atomic E-state index is 0.163. The number of hydrogen-bond donors (Lipinski definition) is 1. The second-order valence-electron chi connectivity index (χ2n) is 4.50. The number of thiophene rings is 1. The molecule has 1 saturated heterocycles. The number of hydrogen-bond acceptors (Lipinski definition) is 3. The van der Waals surface area contributed by atoms with Crippen molar-refractivity contribution in [2.24, 2.45) is 5.92 Å². The topological polar surface area (TPSA) is 32.3 Å². The number of rotatable bonds is 3. The fourth-order valence-corrected chi connectivity index (χ4v) is 3.36. The zero-order valence-electron chi connectivity index (χ0n) is 9.91. The predicted octanol–water partition coefficient (Wildman–Crippen LogP) is 2.47. The van der Waals surface area contributed by atoms with Crippen LogP contribution in [0, 0.1) is 5.92 Å². The normalized spacial score (nSPS) is 20.2. The van der Waals surface area contributed by atoms with E-state index in [0.717, 1.165) is 29.7 Å². The molecule has 0 aliphatic carbocycles. The second kappa shape index (κ2) is 5.98. The lowest BCUT2D eigenvalue weighted by molar-refractivity contribution is -0.135. The third-order valence-corrected chi connectivity index (χ3v) is 4.62. The molecule has 1 amide bonds. The van der Waals surface area contributed by atoms with Gasteiger partial charge in [-0.1, -0.05) is 0 Å². The van der Waals surface area contributed by atoms with Gasteiger partial charge in [-0.05, 0) is 52.3 Å². The van der Waals surface area contributed by atoms with E-state index in [1.165, 1.54) is 5.56 Å². The number of carbonyl (C=O) groups is 1. The van der Waals surface area contributed by atoms with Gasteiger partial charge >= 0.3 is 0 Å². The van der Waals surface area contributed by atoms with Crippen molar-refractivity contribution in [1.82, 2.24) is 10.2 Å². The SMILES string of the molecule is CN(Cc1csc(Br)c1)C(=O)C1CCCNC1. The Labute approximate surface area is 114 Å². The molecule has 0 aromatic carbocycles. The maximum Gasteiger partial charge on any atom is 0.227 e. The Morgan fingerprint density at radius 1 is 1.71 bits per heavy atom. The second-order valence-corrected chi connectivity index (χ2v) is 6.79. The summed E-state index contributed by atoms with van der Waals surface area (Å²) in [6.07, 6.45) is 2.12. The molecule has 1 aromatic rings. The van der Waals surface area contributed by atoms with Crippen molar-refractivity contribution in [3.8, 4) is 0 Å². The largest absolute Gasteiger partial charge is 0.341 e. The van der Waals surface area contributed by atoms with Crippen molar-refractivity contribution >= 4 is 33.2 Å². The molecule has 94 valence electrons. The molecule has 3 nitrogen and oxygen atoms in total. The van der Waals surface area contributed by atoms with Crippen LogP contribution in [0.4, 0.5) is 0 Å². The van der Waals surface area contributed by atoms with Gasteiger partial charge in [0.2, 0.25) is 5.91 Å². The molecular formula is C12H17BrN2OS. The van der Waals surface area contributed by atoms with Crippen molar-refractivity contribution in [3.63, 3.8) is 0 Å². The van der Waals surface area contributed by atoms with Crippen molar-refractivity contribution in [2.45, 2.75) is 19.4 Å². The molecule has 17 heavy (non-hydrogen) atoms. The highest BCUT2D eigenvalue weighted by Crippen LogP contribution is 2.22. The average molecular weight is 317 g/mol. The third-order valence-electron chi connectivity index (χ3n) is 3.06. The molecular weight excluding hydrogens is 300 g/mol. The molecule has 1 aromatic heterocycles. The summed E-state index contributed by atoms with van der Waals surface area (Å²) in [5.74, 6) is 0.426. The molecule has 0 bridgehead atoms. The lowest BCUT2D eigenvalue weighted by Crippen LogP contribution is -2.41. The summed E-state index contributed by atoms with van der Waals surface area (Å²) < 4.78 is 1.12. The van der Waals surface area contributed by atoms with Crippen LogP contribution in [-0.4, -0.2) is 30.9 Å². The summed E-state index contributed by atoms with van der Waals surface area (Å²) in [5, 5.41) is 5.38. The van der Waals surface area contributed by atoms with Gasteiger partial charge in [-0.25, -0.2) is 0 Å². The van der Waals surface area contributed by atoms with E-state index in [2.05, 4.69) is 32.7 Å².